The summed E-state index contributed by atoms with van der Waals surface area (Å²) in [5.74, 6) is 5.16. The summed E-state index contributed by atoms with van der Waals surface area (Å²) >= 11 is 3.91. The molecule has 0 aliphatic carbocycles. The van der Waals surface area contributed by atoms with E-state index in [0.29, 0.717) is 11.3 Å². The fraction of sp³-hybridized carbons (Fsp3) is 0.818. The molecule has 96 valence electrons. The standard InChI is InChI=1S/C11H19N3OS2/c1-8(2)12-4-3-10-13-11(14-15-10)9-7-16-5-6-17-9/h8-9,12H,3-7H2,1-2H3. The van der Waals surface area contributed by atoms with Crippen molar-refractivity contribution in [3.8, 4) is 0 Å². The van der Waals surface area contributed by atoms with Gasteiger partial charge in [0.15, 0.2) is 5.82 Å². The molecule has 0 aromatic carbocycles. The minimum atomic E-state index is 0.421. The number of nitrogens with one attached hydrogen (secondary N) is 1. The first kappa shape index (κ1) is 13.2. The summed E-state index contributed by atoms with van der Waals surface area (Å²) in [4.78, 5) is 4.48. The van der Waals surface area contributed by atoms with E-state index in [9.17, 15) is 0 Å². The molecular formula is C11H19N3OS2. The minimum Gasteiger partial charge on any atom is -0.339 e. The van der Waals surface area contributed by atoms with Gasteiger partial charge in [-0.2, -0.15) is 16.7 Å². The second-order valence-corrected chi connectivity index (χ2v) is 6.80. The van der Waals surface area contributed by atoms with Crippen LogP contribution in [0.25, 0.3) is 0 Å². The van der Waals surface area contributed by atoms with E-state index in [0.717, 1.165) is 30.4 Å². The summed E-state index contributed by atoms with van der Waals surface area (Å²) in [6.45, 7) is 5.16. The SMILES string of the molecule is CC(C)NCCc1nc(C2CSCCS2)no1. The van der Waals surface area contributed by atoms with Gasteiger partial charge in [-0.05, 0) is 0 Å². The van der Waals surface area contributed by atoms with Crippen LogP contribution in [0, 0.1) is 0 Å². The van der Waals surface area contributed by atoms with E-state index in [1.165, 1.54) is 11.5 Å². The molecule has 1 aliphatic heterocycles. The molecule has 0 saturated carbocycles. The lowest BCUT2D eigenvalue weighted by Gasteiger charge is -2.16. The molecule has 1 saturated heterocycles. The molecule has 0 radical (unpaired) electrons. The number of thioether (sulfide) groups is 2. The van der Waals surface area contributed by atoms with Gasteiger partial charge < -0.3 is 9.84 Å². The van der Waals surface area contributed by atoms with Gasteiger partial charge in [0.1, 0.15) is 0 Å². The van der Waals surface area contributed by atoms with Crippen molar-refractivity contribution in [3.05, 3.63) is 11.7 Å². The van der Waals surface area contributed by atoms with E-state index in [2.05, 4.69) is 29.3 Å². The van der Waals surface area contributed by atoms with E-state index >= 15 is 0 Å². The molecule has 0 bridgehead atoms. The van der Waals surface area contributed by atoms with Crippen molar-refractivity contribution in [1.29, 1.82) is 0 Å². The highest BCUT2D eigenvalue weighted by Gasteiger charge is 2.21. The number of rotatable bonds is 5. The third kappa shape index (κ3) is 4.19. The summed E-state index contributed by atoms with van der Waals surface area (Å²) in [5.41, 5.74) is 0. The maximum absolute atomic E-state index is 5.28. The van der Waals surface area contributed by atoms with Crippen LogP contribution in [-0.2, 0) is 6.42 Å². The van der Waals surface area contributed by atoms with Crippen molar-refractivity contribution in [2.75, 3.05) is 23.8 Å². The fourth-order valence-electron chi connectivity index (χ4n) is 1.60. The van der Waals surface area contributed by atoms with Crippen LogP contribution in [0.5, 0.6) is 0 Å². The van der Waals surface area contributed by atoms with Gasteiger partial charge in [-0.1, -0.05) is 19.0 Å². The average Bonchev–Trinajstić information content (AvgIpc) is 2.78. The highest BCUT2D eigenvalue weighted by atomic mass is 32.2. The van der Waals surface area contributed by atoms with Crippen molar-refractivity contribution in [3.63, 3.8) is 0 Å². The van der Waals surface area contributed by atoms with Crippen molar-refractivity contribution in [2.24, 2.45) is 0 Å². The smallest absolute Gasteiger partial charge is 0.227 e. The van der Waals surface area contributed by atoms with Crippen LogP contribution in [0.3, 0.4) is 0 Å². The molecule has 1 aliphatic rings. The summed E-state index contributed by atoms with van der Waals surface area (Å²) in [5, 5.41) is 7.86. The lowest BCUT2D eigenvalue weighted by atomic mass is 10.3. The van der Waals surface area contributed by atoms with E-state index in [1.807, 2.05) is 23.5 Å². The summed E-state index contributed by atoms with van der Waals surface area (Å²) in [7, 11) is 0. The van der Waals surface area contributed by atoms with Crippen LogP contribution in [0.15, 0.2) is 4.52 Å². The zero-order valence-corrected chi connectivity index (χ0v) is 11.9. The Morgan fingerprint density at radius 2 is 2.35 bits per heavy atom. The monoisotopic (exact) mass is 273 g/mol. The molecule has 4 nitrogen and oxygen atoms in total. The van der Waals surface area contributed by atoms with Gasteiger partial charge in [0.05, 0.1) is 5.25 Å². The molecule has 0 spiro atoms. The van der Waals surface area contributed by atoms with Crippen molar-refractivity contribution in [2.45, 2.75) is 31.6 Å². The second-order valence-electron chi connectivity index (χ2n) is 4.34. The lowest BCUT2D eigenvalue weighted by Crippen LogP contribution is -2.25. The van der Waals surface area contributed by atoms with Crippen molar-refractivity contribution >= 4 is 23.5 Å². The van der Waals surface area contributed by atoms with Gasteiger partial charge in [-0.25, -0.2) is 0 Å². The fourth-order valence-corrected chi connectivity index (χ4v) is 4.19. The molecule has 2 heterocycles. The van der Waals surface area contributed by atoms with Gasteiger partial charge >= 0.3 is 0 Å². The second kappa shape index (κ2) is 6.66. The Balaban J connectivity index is 1.82. The summed E-state index contributed by atoms with van der Waals surface area (Å²) in [6.07, 6.45) is 0.815. The topological polar surface area (TPSA) is 51.0 Å². The van der Waals surface area contributed by atoms with Crippen LogP contribution in [-0.4, -0.2) is 40.0 Å². The molecule has 1 aromatic rings. The zero-order valence-electron chi connectivity index (χ0n) is 10.3. The number of hydrogen-bond donors (Lipinski definition) is 1. The highest BCUT2D eigenvalue weighted by Crippen LogP contribution is 2.35. The zero-order chi connectivity index (χ0) is 12.1. The molecule has 6 heteroatoms. The highest BCUT2D eigenvalue weighted by molar-refractivity contribution is 8.06. The van der Waals surface area contributed by atoms with Crippen LogP contribution in [0.1, 0.15) is 30.8 Å². The van der Waals surface area contributed by atoms with E-state index in [-0.39, 0.29) is 0 Å². The molecular weight excluding hydrogens is 254 g/mol. The third-order valence-electron chi connectivity index (χ3n) is 2.48. The maximum atomic E-state index is 5.28. The first-order valence-corrected chi connectivity index (χ1v) is 8.21. The summed E-state index contributed by atoms with van der Waals surface area (Å²) < 4.78 is 5.28. The molecule has 17 heavy (non-hydrogen) atoms. The molecule has 1 N–H and O–H groups in total. The van der Waals surface area contributed by atoms with Gasteiger partial charge in [-0.3, -0.25) is 0 Å². The summed E-state index contributed by atoms with van der Waals surface area (Å²) in [6, 6.07) is 0.502. The number of hydrogen-bond acceptors (Lipinski definition) is 6. The average molecular weight is 273 g/mol. The normalized spacial score (nSPS) is 21.0. The molecule has 0 amide bonds. The van der Waals surface area contributed by atoms with Crippen LogP contribution >= 0.6 is 23.5 Å². The van der Waals surface area contributed by atoms with Gasteiger partial charge in [0, 0.05) is 36.3 Å². The Kier molecular flexibility index (Phi) is 5.18. The minimum absolute atomic E-state index is 0.421. The molecule has 1 unspecified atom stereocenters. The largest absolute Gasteiger partial charge is 0.339 e. The first-order valence-electron chi connectivity index (χ1n) is 6.01. The quantitative estimate of drug-likeness (QED) is 0.887. The van der Waals surface area contributed by atoms with Gasteiger partial charge in [0.2, 0.25) is 5.89 Å². The third-order valence-corrected chi connectivity index (χ3v) is 5.23. The Hall–Kier alpha value is -0.200. The Morgan fingerprint density at radius 1 is 1.47 bits per heavy atom. The predicted octanol–water partition coefficient (Wildman–Crippen LogP) is 2.13. The van der Waals surface area contributed by atoms with Gasteiger partial charge in [-0.15, -0.1) is 11.8 Å². The molecule has 1 atom stereocenters. The predicted molar refractivity (Wildman–Crippen MR) is 73.7 cm³/mol. The van der Waals surface area contributed by atoms with Crippen molar-refractivity contribution in [1.82, 2.24) is 15.5 Å². The van der Waals surface area contributed by atoms with Crippen molar-refractivity contribution < 1.29 is 4.52 Å². The number of aromatic nitrogens is 2. The van der Waals surface area contributed by atoms with Crippen LogP contribution < -0.4 is 5.32 Å². The van der Waals surface area contributed by atoms with E-state index in [4.69, 9.17) is 4.52 Å². The van der Waals surface area contributed by atoms with E-state index < -0.39 is 0 Å². The van der Waals surface area contributed by atoms with Crippen LogP contribution in [0.2, 0.25) is 0 Å². The Labute approximate surface area is 111 Å². The van der Waals surface area contributed by atoms with Crippen LogP contribution in [0.4, 0.5) is 0 Å². The molecule has 2 rings (SSSR count). The number of nitrogens with zero attached hydrogens (tertiary/aromatic N) is 2. The lowest BCUT2D eigenvalue weighted by molar-refractivity contribution is 0.369. The Bertz CT molecular complexity index is 337. The molecule has 1 aromatic heterocycles. The maximum Gasteiger partial charge on any atom is 0.227 e. The van der Waals surface area contributed by atoms with E-state index in [1.54, 1.807) is 0 Å². The Morgan fingerprint density at radius 3 is 3.06 bits per heavy atom. The first-order chi connectivity index (χ1) is 8.25. The van der Waals surface area contributed by atoms with Gasteiger partial charge in [0.25, 0.3) is 0 Å². The molecule has 1 fully saturated rings.